The molecule has 212 valence electrons. The first-order valence-corrected chi connectivity index (χ1v) is 13.3. The number of hydrogen-bond acceptors (Lipinski definition) is 5. The molecule has 1 aromatic heterocycles. The Hall–Kier alpha value is -3.56. The SMILES string of the molecule is C[C@H]1CN(C(=O)OC(C)(C)C)C[C@@H](CCCOc2cc(NCc3ccccc3)cc3[nH]c(=O)n(C)c23)C1(F)F. The number of anilines is 1. The van der Waals surface area contributed by atoms with Gasteiger partial charge in [-0.2, -0.15) is 0 Å². The zero-order valence-corrected chi connectivity index (χ0v) is 23.2. The van der Waals surface area contributed by atoms with E-state index in [2.05, 4.69) is 10.3 Å². The first-order chi connectivity index (χ1) is 18.3. The average Bonchev–Trinajstić information content (AvgIpc) is 3.15. The van der Waals surface area contributed by atoms with Gasteiger partial charge in [-0.15, -0.1) is 0 Å². The highest BCUT2D eigenvalue weighted by Gasteiger charge is 2.50. The van der Waals surface area contributed by atoms with Crippen LogP contribution in [0.1, 0.15) is 46.1 Å². The number of imidazole rings is 1. The van der Waals surface area contributed by atoms with Crippen LogP contribution in [-0.2, 0) is 18.3 Å². The lowest BCUT2D eigenvalue weighted by atomic mass is 9.83. The first kappa shape index (κ1) is 28.4. The van der Waals surface area contributed by atoms with E-state index >= 15 is 8.78 Å². The Labute approximate surface area is 227 Å². The van der Waals surface area contributed by atoms with Gasteiger partial charge in [-0.1, -0.05) is 37.3 Å². The molecule has 4 rings (SSSR count). The summed E-state index contributed by atoms with van der Waals surface area (Å²) in [6.45, 7) is 7.40. The first-order valence-electron chi connectivity index (χ1n) is 13.3. The molecule has 1 aliphatic heterocycles. The lowest BCUT2D eigenvalue weighted by molar-refractivity contribution is -0.145. The van der Waals surface area contributed by atoms with Gasteiger partial charge in [0.25, 0.3) is 5.92 Å². The van der Waals surface area contributed by atoms with E-state index in [-0.39, 0.29) is 31.8 Å². The molecule has 8 nitrogen and oxygen atoms in total. The smallest absolute Gasteiger partial charge is 0.410 e. The predicted octanol–water partition coefficient (Wildman–Crippen LogP) is 5.78. The van der Waals surface area contributed by atoms with Crippen molar-refractivity contribution in [2.75, 3.05) is 25.0 Å². The molecule has 0 spiro atoms. The number of piperidine rings is 1. The molecule has 1 aliphatic rings. The number of aryl methyl sites for hydroxylation is 1. The van der Waals surface area contributed by atoms with E-state index < -0.39 is 29.5 Å². The molecule has 0 radical (unpaired) electrons. The Morgan fingerprint density at radius 1 is 1.18 bits per heavy atom. The van der Waals surface area contributed by atoms with E-state index in [1.54, 1.807) is 27.8 Å². The number of alkyl halides is 2. The number of carbonyl (C=O) groups excluding carboxylic acids is 1. The van der Waals surface area contributed by atoms with Gasteiger partial charge in [-0.25, -0.2) is 18.4 Å². The molecule has 2 heterocycles. The Balaban J connectivity index is 1.43. The van der Waals surface area contributed by atoms with Crippen LogP contribution in [0, 0.1) is 11.8 Å². The molecule has 2 N–H and O–H groups in total. The summed E-state index contributed by atoms with van der Waals surface area (Å²) in [7, 11) is 1.65. The third-order valence-corrected chi connectivity index (χ3v) is 7.04. The van der Waals surface area contributed by atoms with Gasteiger partial charge in [0.05, 0.1) is 12.1 Å². The van der Waals surface area contributed by atoms with Crippen LogP contribution in [0.3, 0.4) is 0 Å². The van der Waals surface area contributed by atoms with E-state index in [4.69, 9.17) is 9.47 Å². The topological polar surface area (TPSA) is 88.6 Å². The van der Waals surface area contributed by atoms with E-state index in [1.807, 2.05) is 42.5 Å². The monoisotopic (exact) mass is 544 g/mol. The second-order valence-corrected chi connectivity index (χ2v) is 11.3. The van der Waals surface area contributed by atoms with Gasteiger partial charge in [0.2, 0.25) is 0 Å². The number of fused-ring (bicyclic) bond motifs is 1. The maximum Gasteiger partial charge on any atom is 0.410 e. The van der Waals surface area contributed by atoms with Crippen molar-refractivity contribution in [2.24, 2.45) is 18.9 Å². The minimum atomic E-state index is -2.91. The fourth-order valence-electron chi connectivity index (χ4n) is 4.95. The van der Waals surface area contributed by atoms with Crippen molar-refractivity contribution in [2.45, 2.75) is 58.6 Å². The number of halogens is 2. The standard InChI is InChI=1S/C29H38F2N4O4/c1-19-17-35(27(37)39-28(2,3)4)18-21(29(19,30)31)12-9-13-38-24-15-22(32-16-20-10-7-6-8-11-20)14-23-25(24)34(5)26(36)33-23/h6-8,10-11,14-15,19,21,32H,9,12-13,16-18H2,1-5H3,(H,33,36)/t19-,21+/m0/s1. The largest absolute Gasteiger partial charge is 0.491 e. The van der Waals surface area contributed by atoms with Crippen LogP contribution < -0.4 is 15.7 Å². The predicted molar refractivity (Wildman–Crippen MR) is 147 cm³/mol. The van der Waals surface area contributed by atoms with Gasteiger partial charge >= 0.3 is 11.8 Å². The van der Waals surface area contributed by atoms with Crippen molar-refractivity contribution in [3.05, 3.63) is 58.5 Å². The van der Waals surface area contributed by atoms with E-state index in [0.717, 1.165) is 11.3 Å². The zero-order valence-electron chi connectivity index (χ0n) is 23.2. The molecule has 0 unspecified atom stereocenters. The van der Waals surface area contributed by atoms with Crippen LogP contribution in [0.25, 0.3) is 11.0 Å². The summed E-state index contributed by atoms with van der Waals surface area (Å²) in [4.78, 5) is 29.1. The maximum absolute atomic E-state index is 15.1. The molecule has 1 amide bonds. The minimum absolute atomic E-state index is 0.0445. The number of benzene rings is 2. The molecule has 3 aromatic rings. The molecule has 0 saturated carbocycles. The third kappa shape index (κ3) is 6.72. The van der Waals surface area contributed by atoms with Crippen molar-refractivity contribution in [3.8, 4) is 5.75 Å². The van der Waals surface area contributed by atoms with Gasteiger partial charge in [0.15, 0.2) is 0 Å². The fourth-order valence-corrected chi connectivity index (χ4v) is 4.95. The van der Waals surface area contributed by atoms with Gasteiger partial charge in [-0.3, -0.25) is 4.57 Å². The average molecular weight is 545 g/mol. The van der Waals surface area contributed by atoms with Gasteiger partial charge < -0.3 is 24.7 Å². The lowest BCUT2D eigenvalue weighted by Crippen LogP contribution is -2.55. The number of carbonyl (C=O) groups is 1. The van der Waals surface area contributed by atoms with Crippen LogP contribution in [0.4, 0.5) is 19.3 Å². The van der Waals surface area contributed by atoms with Crippen molar-refractivity contribution in [1.82, 2.24) is 14.5 Å². The number of ether oxygens (including phenoxy) is 2. The number of aromatic nitrogens is 2. The molecule has 2 aromatic carbocycles. The molecule has 39 heavy (non-hydrogen) atoms. The summed E-state index contributed by atoms with van der Waals surface area (Å²) in [5.41, 5.74) is 2.13. The highest BCUT2D eigenvalue weighted by molar-refractivity contribution is 5.86. The number of nitrogens with zero attached hydrogens (tertiary/aromatic N) is 2. The molecule has 0 bridgehead atoms. The van der Waals surface area contributed by atoms with E-state index in [1.165, 1.54) is 16.4 Å². The zero-order chi connectivity index (χ0) is 28.4. The van der Waals surface area contributed by atoms with Crippen LogP contribution in [0.5, 0.6) is 5.75 Å². The molecular weight excluding hydrogens is 506 g/mol. The fraction of sp³-hybridized carbons (Fsp3) is 0.517. The number of likely N-dealkylation sites (tertiary alicyclic amines) is 1. The summed E-state index contributed by atoms with van der Waals surface area (Å²) < 4.78 is 43.1. The quantitative estimate of drug-likeness (QED) is 0.351. The number of hydrogen-bond donors (Lipinski definition) is 2. The highest BCUT2D eigenvalue weighted by atomic mass is 19.3. The normalized spacial score (nSPS) is 19.2. The third-order valence-electron chi connectivity index (χ3n) is 7.04. The summed E-state index contributed by atoms with van der Waals surface area (Å²) >= 11 is 0. The number of aromatic amines is 1. The summed E-state index contributed by atoms with van der Waals surface area (Å²) in [6.07, 6.45) is -0.0317. The molecule has 0 aliphatic carbocycles. The summed E-state index contributed by atoms with van der Waals surface area (Å²) in [6, 6.07) is 13.6. The molecule has 2 atom stereocenters. The number of H-pyrrole nitrogens is 1. The Bertz CT molecular complexity index is 1350. The molecule has 10 heteroatoms. The van der Waals surface area contributed by atoms with Crippen LogP contribution in [0.15, 0.2) is 47.3 Å². The number of nitrogens with one attached hydrogen (secondary N) is 2. The number of rotatable bonds is 8. The van der Waals surface area contributed by atoms with Crippen molar-refractivity contribution in [1.29, 1.82) is 0 Å². The van der Waals surface area contributed by atoms with Crippen LogP contribution >= 0.6 is 0 Å². The molecular formula is C29H38F2N4O4. The van der Waals surface area contributed by atoms with Crippen LogP contribution in [-0.4, -0.2) is 51.8 Å². The Kier molecular flexibility index (Phi) is 8.23. The second-order valence-electron chi connectivity index (χ2n) is 11.3. The lowest BCUT2D eigenvalue weighted by Gasteiger charge is -2.42. The minimum Gasteiger partial charge on any atom is -0.491 e. The van der Waals surface area contributed by atoms with Crippen molar-refractivity contribution in [3.63, 3.8) is 0 Å². The molecule has 1 saturated heterocycles. The Morgan fingerprint density at radius 2 is 1.90 bits per heavy atom. The van der Waals surface area contributed by atoms with Gasteiger partial charge in [0.1, 0.15) is 16.9 Å². The second kappa shape index (κ2) is 11.3. The van der Waals surface area contributed by atoms with Crippen molar-refractivity contribution < 1.29 is 23.0 Å². The Morgan fingerprint density at radius 3 is 2.59 bits per heavy atom. The summed E-state index contributed by atoms with van der Waals surface area (Å²) in [5.74, 6) is -4.40. The molecule has 1 fully saturated rings. The van der Waals surface area contributed by atoms with E-state index in [9.17, 15) is 9.59 Å². The van der Waals surface area contributed by atoms with Crippen molar-refractivity contribution >= 4 is 22.8 Å². The van der Waals surface area contributed by atoms with E-state index in [0.29, 0.717) is 29.7 Å². The van der Waals surface area contributed by atoms with Gasteiger partial charge in [0, 0.05) is 50.3 Å². The maximum atomic E-state index is 15.1. The highest BCUT2D eigenvalue weighted by Crippen LogP contribution is 2.40. The number of amides is 1. The van der Waals surface area contributed by atoms with Crippen LogP contribution in [0.2, 0.25) is 0 Å². The summed E-state index contributed by atoms with van der Waals surface area (Å²) in [5, 5.41) is 3.35. The van der Waals surface area contributed by atoms with Gasteiger partial charge in [-0.05, 0) is 45.2 Å².